The smallest absolute Gasteiger partial charge is 0.0876 e. The van der Waals surface area contributed by atoms with Gasteiger partial charge in [0.1, 0.15) is 0 Å². The molecular weight excluding hydrogens is 332 g/mol. The molecule has 0 saturated carbocycles. The van der Waals surface area contributed by atoms with E-state index in [-0.39, 0.29) is 5.41 Å². The zero-order valence-corrected chi connectivity index (χ0v) is 17.1. The molecule has 1 aliphatic rings. The molecule has 0 atom stereocenters. The highest BCUT2D eigenvalue weighted by Crippen LogP contribution is 2.19. The van der Waals surface area contributed by atoms with Gasteiger partial charge in [-0.25, -0.2) is 5.84 Å². The van der Waals surface area contributed by atoms with Crippen molar-refractivity contribution in [2.75, 3.05) is 65.6 Å². The molecule has 1 saturated heterocycles. The Hall–Kier alpha value is -0.900. The fourth-order valence-corrected chi connectivity index (χ4v) is 2.55. The van der Waals surface area contributed by atoms with E-state index in [2.05, 4.69) is 24.1 Å². The highest BCUT2D eigenvalue weighted by Gasteiger charge is 2.25. The highest BCUT2D eigenvalue weighted by atomic mass is 16.5. The largest absolute Gasteiger partial charge is 0.399 e. The minimum Gasteiger partial charge on any atom is -0.399 e. The average molecular weight is 373 g/mol. The highest BCUT2D eigenvalue weighted by molar-refractivity contribution is 4.96. The van der Waals surface area contributed by atoms with Gasteiger partial charge in [-0.2, -0.15) is 0 Å². The Morgan fingerprint density at radius 3 is 2.50 bits per heavy atom. The fourth-order valence-electron chi connectivity index (χ4n) is 2.55. The second-order valence-corrected chi connectivity index (χ2v) is 8.44. The lowest BCUT2D eigenvalue weighted by Crippen LogP contribution is -2.45. The van der Waals surface area contributed by atoms with E-state index in [0.29, 0.717) is 38.6 Å². The quantitative estimate of drug-likeness (QED) is 0.209. The standard InChI is InChI=1S/C18H40N6O2/c1-17(2,13-19)15-26-18(3,4)14-24(21)11-16(20)12-25-10-9-23-7-5-22-6-8-23/h11,22H,5-10,12-15,19-21H2,1-4H3/b16-11-. The summed E-state index contributed by atoms with van der Waals surface area (Å²) in [5.74, 6) is 6.06. The van der Waals surface area contributed by atoms with Gasteiger partial charge in [0.05, 0.1) is 37.7 Å². The summed E-state index contributed by atoms with van der Waals surface area (Å²) in [5, 5.41) is 4.90. The van der Waals surface area contributed by atoms with Crippen LogP contribution >= 0.6 is 0 Å². The Morgan fingerprint density at radius 1 is 1.23 bits per heavy atom. The van der Waals surface area contributed by atoms with Crippen LogP contribution in [0.5, 0.6) is 0 Å². The number of hydrazine groups is 1. The molecule has 0 amide bonds. The van der Waals surface area contributed by atoms with Crippen molar-refractivity contribution in [3.63, 3.8) is 0 Å². The summed E-state index contributed by atoms with van der Waals surface area (Å²) in [7, 11) is 0. The van der Waals surface area contributed by atoms with Crippen molar-refractivity contribution in [2.45, 2.75) is 33.3 Å². The lowest BCUT2D eigenvalue weighted by atomic mass is 9.95. The summed E-state index contributed by atoms with van der Waals surface area (Å²) < 4.78 is 11.6. The third-order valence-electron chi connectivity index (χ3n) is 4.33. The maximum absolute atomic E-state index is 6.06. The van der Waals surface area contributed by atoms with Gasteiger partial charge in [0.2, 0.25) is 0 Å². The number of ether oxygens (including phenoxy) is 2. The van der Waals surface area contributed by atoms with Gasteiger partial charge in [-0.05, 0) is 20.4 Å². The fraction of sp³-hybridized carbons (Fsp3) is 0.889. The van der Waals surface area contributed by atoms with Crippen molar-refractivity contribution in [3.05, 3.63) is 11.9 Å². The van der Waals surface area contributed by atoms with E-state index in [0.717, 1.165) is 32.7 Å². The van der Waals surface area contributed by atoms with Crippen molar-refractivity contribution in [1.82, 2.24) is 15.2 Å². The Labute approximate surface area is 159 Å². The van der Waals surface area contributed by atoms with Gasteiger partial charge < -0.3 is 31.3 Å². The minimum absolute atomic E-state index is 0.0518. The maximum Gasteiger partial charge on any atom is 0.0876 e. The number of nitrogens with one attached hydrogen (secondary N) is 1. The predicted molar refractivity (Wildman–Crippen MR) is 106 cm³/mol. The van der Waals surface area contributed by atoms with E-state index in [9.17, 15) is 0 Å². The van der Waals surface area contributed by atoms with Crippen molar-refractivity contribution in [2.24, 2.45) is 22.7 Å². The molecule has 8 nitrogen and oxygen atoms in total. The average Bonchev–Trinajstić information content (AvgIpc) is 2.57. The Bertz CT molecular complexity index is 422. The van der Waals surface area contributed by atoms with Gasteiger partial charge in [-0.1, -0.05) is 13.8 Å². The van der Waals surface area contributed by atoms with E-state index in [1.54, 1.807) is 11.2 Å². The third kappa shape index (κ3) is 10.3. The summed E-state index contributed by atoms with van der Waals surface area (Å²) in [6.45, 7) is 16.1. The van der Waals surface area contributed by atoms with Crippen LogP contribution in [0, 0.1) is 5.41 Å². The van der Waals surface area contributed by atoms with Crippen LogP contribution in [0.2, 0.25) is 0 Å². The SMILES string of the molecule is CC(C)(CN)COC(C)(C)CN(N)/C=C(\N)COCCN1CCNCC1. The molecule has 0 spiro atoms. The molecule has 26 heavy (non-hydrogen) atoms. The normalized spacial score (nSPS) is 17.5. The maximum atomic E-state index is 6.06. The molecule has 0 radical (unpaired) electrons. The molecule has 1 fully saturated rings. The van der Waals surface area contributed by atoms with Crippen LogP contribution in [0.4, 0.5) is 0 Å². The van der Waals surface area contributed by atoms with Crippen LogP contribution in [0.25, 0.3) is 0 Å². The molecular formula is C18H40N6O2. The van der Waals surface area contributed by atoms with E-state index < -0.39 is 5.60 Å². The van der Waals surface area contributed by atoms with E-state index in [4.69, 9.17) is 26.8 Å². The van der Waals surface area contributed by atoms with Crippen LogP contribution in [-0.2, 0) is 9.47 Å². The summed E-state index contributed by atoms with van der Waals surface area (Å²) >= 11 is 0. The Morgan fingerprint density at radius 2 is 1.88 bits per heavy atom. The third-order valence-corrected chi connectivity index (χ3v) is 4.33. The predicted octanol–water partition coefficient (Wildman–Crippen LogP) is -0.336. The van der Waals surface area contributed by atoms with Gasteiger partial charge in [0, 0.05) is 44.3 Å². The summed E-state index contributed by atoms with van der Waals surface area (Å²) in [5.41, 5.74) is 11.9. The summed E-state index contributed by atoms with van der Waals surface area (Å²) in [6, 6.07) is 0. The lowest BCUT2D eigenvalue weighted by molar-refractivity contribution is -0.0641. The Kier molecular flexibility index (Phi) is 9.84. The van der Waals surface area contributed by atoms with Crippen molar-refractivity contribution in [3.8, 4) is 0 Å². The zero-order chi connectivity index (χ0) is 19.6. The van der Waals surface area contributed by atoms with Gasteiger partial charge >= 0.3 is 0 Å². The first-order valence-electron chi connectivity index (χ1n) is 9.46. The molecule has 0 aromatic rings. The molecule has 0 aliphatic carbocycles. The summed E-state index contributed by atoms with van der Waals surface area (Å²) in [6.07, 6.45) is 1.71. The second-order valence-electron chi connectivity index (χ2n) is 8.44. The van der Waals surface area contributed by atoms with E-state index in [1.165, 1.54) is 0 Å². The topological polar surface area (TPSA) is 115 Å². The van der Waals surface area contributed by atoms with Crippen LogP contribution in [0.15, 0.2) is 11.9 Å². The van der Waals surface area contributed by atoms with Gasteiger partial charge in [0.25, 0.3) is 0 Å². The second kappa shape index (κ2) is 11.1. The van der Waals surface area contributed by atoms with Crippen molar-refractivity contribution in [1.29, 1.82) is 0 Å². The van der Waals surface area contributed by atoms with Gasteiger partial charge in [0.15, 0.2) is 0 Å². The first-order valence-corrected chi connectivity index (χ1v) is 9.46. The molecule has 0 aromatic heterocycles. The van der Waals surface area contributed by atoms with Crippen LogP contribution < -0.4 is 22.6 Å². The monoisotopic (exact) mass is 372 g/mol. The minimum atomic E-state index is -0.402. The first kappa shape index (κ1) is 23.1. The number of piperazine rings is 1. The van der Waals surface area contributed by atoms with Crippen LogP contribution in [0.1, 0.15) is 27.7 Å². The van der Waals surface area contributed by atoms with Crippen LogP contribution in [-0.4, -0.2) is 81.1 Å². The number of nitrogens with zero attached hydrogens (tertiary/aromatic N) is 2. The van der Waals surface area contributed by atoms with Crippen molar-refractivity contribution >= 4 is 0 Å². The molecule has 154 valence electrons. The number of hydrogen-bond donors (Lipinski definition) is 4. The molecule has 8 heteroatoms. The number of hydrogen-bond acceptors (Lipinski definition) is 8. The van der Waals surface area contributed by atoms with Gasteiger partial charge in [-0.15, -0.1) is 0 Å². The van der Waals surface area contributed by atoms with Crippen LogP contribution in [0.3, 0.4) is 0 Å². The van der Waals surface area contributed by atoms with Gasteiger partial charge in [-0.3, -0.25) is 4.90 Å². The molecule has 1 aliphatic heterocycles. The first-order chi connectivity index (χ1) is 12.1. The molecule has 0 aromatic carbocycles. The molecule has 1 rings (SSSR count). The van der Waals surface area contributed by atoms with Crippen molar-refractivity contribution < 1.29 is 9.47 Å². The molecule has 0 unspecified atom stereocenters. The number of nitrogens with two attached hydrogens (primary N) is 3. The summed E-state index contributed by atoms with van der Waals surface area (Å²) in [4.78, 5) is 2.38. The lowest BCUT2D eigenvalue weighted by Gasteiger charge is -2.33. The van der Waals surface area contributed by atoms with E-state index in [1.807, 2.05) is 13.8 Å². The van der Waals surface area contributed by atoms with E-state index >= 15 is 0 Å². The molecule has 7 N–H and O–H groups in total. The Balaban J connectivity index is 2.26. The number of rotatable bonds is 12. The molecule has 0 bridgehead atoms. The zero-order valence-electron chi connectivity index (χ0n) is 17.1. The molecule has 1 heterocycles.